The molecule has 9 nitrogen and oxygen atoms in total. The Hall–Kier alpha value is -3.59. The average Bonchev–Trinajstić information content (AvgIpc) is 3.31. The number of likely N-dealkylation sites (tertiary alicyclic amines) is 1. The fourth-order valence-corrected chi connectivity index (χ4v) is 3.86. The Bertz CT molecular complexity index is 1030. The van der Waals surface area contributed by atoms with Crippen LogP contribution < -0.4 is 5.32 Å². The molecular weight excluding hydrogens is 474 g/mol. The van der Waals surface area contributed by atoms with Crippen molar-refractivity contribution in [2.75, 3.05) is 26.7 Å². The minimum Gasteiger partial charge on any atom is -0.445 e. The van der Waals surface area contributed by atoms with Gasteiger partial charge in [-0.3, -0.25) is 9.69 Å². The Morgan fingerprint density at radius 3 is 2.16 bits per heavy atom. The molecule has 0 spiro atoms. The lowest BCUT2D eigenvalue weighted by molar-refractivity contribution is -0.125. The van der Waals surface area contributed by atoms with E-state index in [2.05, 4.69) is 5.32 Å². The maximum absolute atomic E-state index is 13.1. The first kappa shape index (κ1) is 28.0. The summed E-state index contributed by atoms with van der Waals surface area (Å²) in [5, 5.41) is 2.83. The number of ether oxygens (including phenoxy) is 3. The average molecular weight is 512 g/mol. The van der Waals surface area contributed by atoms with E-state index in [0.717, 1.165) is 11.1 Å². The number of rotatable bonds is 9. The van der Waals surface area contributed by atoms with Gasteiger partial charge in [0.25, 0.3) is 0 Å². The summed E-state index contributed by atoms with van der Waals surface area (Å²) in [5.41, 5.74) is 1.22. The van der Waals surface area contributed by atoms with Crippen LogP contribution in [0, 0.1) is 0 Å². The first-order chi connectivity index (χ1) is 17.6. The van der Waals surface area contributed by atoms with Gasteiger partial charge in [0.15, 0.2) is 0 Å². The molecule has 1 N–H and O–H groups in total. The first-order valence-electron chi connectivity index (χ1n) is 12.5. The molecule has 3 amide bonds. The third-order valence-electron chi connectivity index (χ3n) is 5.79. The smallest absolute Gasteiger partial charge is 0.411 e. The molecule has 1 fully saturated rings. The largest absolute Gasteiger partial charge is 0.445 e. The van der Waals surface area contributed by atoms with Crippen molar-refractivity contribution in [1.82, 2.24) is 15.1 Å². The van der Waals surface area contributed by atoms with Gasteiger partial charge in [-0.25, -0.2) is 9.59 Å². The highest BCUT2D eigenvalue weighted by Gasteiger charge is 2.42. The highest BCUT2D eigenvalue weighted by molar-refractivity contribution is 5.86. The van der Waals surface area contributed by atoms with Gasteiger partial charge in [-0.05, 0) is 31.9 Å². The van der Waals surface area contributed by atoms with Crippen molar-refractivity contribution in [3.8, 4) is 0 Å². The van der Waals surface area contributed by atoms with Gasteiger partial charge in [0.1, 0.15) is 18.2 Å². The van der Waals surface area contributed by atoms with Gasteiger partial charge in [-0.1, -0.05) is 60.7 Å². The molecule has 2 aromatic carbocycles. The van der Waals surface area contributed by atoms with Crippen molar-refractivity contribution >= 4 is 18.1 Å². The van der Waals surface area contributed by atoms with Gasteiger partial charge in [0.2, 0.25) is 5.91 Å². The topological polar surface area (TPSA) is 97.4 Å². The molecule has 0 aliphatic carbocycles. The zero-order valence-electron chi connectivity index (χ0n) is 22.0. The van der Waals surface area contributed by atoms with Crippen LogP contribution in [-0.4, -0.2) is 72.3 Å². The Morgan fingerprint density at radius 2 is 1.57 bits per heavy atom. The summed E-state index contributed by atoms with van der Waals surface area (Å²) in [4.78, 5) is 41.0. The minimum absolute atomic E-state index is 0.174. The van der Waals surface area contributed by atoms with E-state index >= 15 is 0 Å². The van der Waals surface area contributed by atoms with E-state index in [1.807, 2.05) is 60.7 Å². The number of nitrogens with one attached hydrogen (secondary N) is 1. The Kier molecular flexibility index (Phi) is 9.91. The highest BCUT2D eigenvalue weighted by atomic mass is 16.6. The molecule has 1 aliphatic rings. The quantitative estimate of drug-likeness (QED) is 0.547. The number of nitrogens with zero attached hydrogens (tertiary/aromatic N) is 2. The molecule has 37 heavy (non-hydrogen) atoms. The van der Waals surface area contributed by atoms with Crippen molar-refractivity contribution in [1.29, 1.82) is 0 Å². The zero-order valence-corrected chi connectivity index (χ0v) is 22.0. The SMILES string of the molecule is CN(CCNC(=O)C1CC(OCc2ccccc2)CN1C(=O)OC(C)(C)C)C(=O)OCc1ccccc1. The van der Waals surface area contributed by atoms with Crippen molar-refractivity contribution < 1.29 is 28.6 Å². The summed E-state index contributed by atoms with van der Waals surface area (Å²) >= 11 is 0. The van der Waals surface area contributed by atoms with Crippen molar-refractivity contribution in [3.05, 3.63) is 71.8 Å². The number of hydrogen-bond acceptors (Lipinski definition) is 6. The second-order valence-electron chi connectivity index (χ2n) is 10.1. The molecule has 0 aromatic heterocycles. The standard InChI is InChI=1S/C28H37N3O6/c1-28(2,3)37-27(34)31-18-23(35-19-21-11-7-5-8-12-21)17-24(31)25(32)29-15-16-30(4)26(33)36-20-22-13-9-6-10-14-22/h5-14,23-24H,15-20H2,1-4H3,(H,29,32). The number of benzene rings is 2. The number of carbonyl (C=O) groups excluding carboxylic acids is 3. The summed E-state index contributed by atoms with van der Waals surface area (Å²) in [5.74, 6) is -0.317. The fraction of sp³-hybridized carbons (Fsp3) is 0.464. The second kappa shape index (κ2) is 13.1. The normalized spacial score (nSPS) is 17.2. The van der Waals surface area contributed by atoms with E-state index in [9.17, 15) is 14.4 Å². The molecule has 0 saturated carbocycles. The summed E-state index contributed by atoms with van der Waals surface area (Å²) < 4.78 is 16.9. The van der Waals surface area contributed by atoms with Crippen LogP contribution in [0.15, 0.2) is 60.7 Å². The third kappa shape index (κ3) is 9.09. The van der Waals surface area contributed by atoms with Crippen molar-refractivity contribution in [2.45, 2.75) is 58.2 Å². The van der Waals surface area contributed by atoms with Crippen LogP contribution in [0.4, 0.5) is 9.59 Å². The van der Waals surface area contributed by atoms with Gasteiger partial charge >= 0.3 is 12.2 Å². The van der Waals surface area contributed by atoms with E-state index in [1.54, 1.807) is 27.8 Å². The van der Waals surface area contributed by atoms with E-state index in [-0.39, 0.29) is 38.3 Å². The molecule has 2 unspecified atom stereocenters. The molecule has 1 heterocycles. The first-order valence-corrected chi connectivity index (χ1v) is 12.5. The van der Waals surface area contributed by atoms with E-state index in [1.165, 1.54) is 9.80 Å². The van der Waals surface area contributed by atoms with Crippen LogP contribution in [0.5, 0.6) is 0 Å². The number of hydrogen-bond donors (Lipinski definition) is 1. The Morgan fingerprint density at radius 1 is 0.973 bits per heavy atom. The van der Waals surface area contributed by atoms with Crippen LogP contribution in [0.2, 0.25) is 0 Å². The molecule has 0 radical (unpaired) electrons. The number of amides is 3. The molecule has 9 heteroatoms. The summed E-state index contributed by atoms with van der Waals surface area (Å²) in [6.45, 7) is 6.64. The maximum atomic E-state index is 13.1. The van der Waals surface area contributed by atoms with Crippen LogP contribution in [0.1, 0.15) is 38.3 Å². The monoisotopic (exact) mass is 511 g/mol. The molecule has 0 bridgehead atoms. The van der Waals surface area contributed by atoms with Gasteiger partial charge in [0, 0.05) is 26.6 Å². The molecular formula is C28H37N3O6. The van der Waals surface area contributed by atoms with Gasteiger partial charge in [-0.15, -0.1) is 0 Å². The summed E-state index contributed by atoms with van der Waals surface area (Å²) in [6, 6.07) is 18.4. The lowest BCUT2D eigenvalue weighted by atomic mass is 10.1. The van der Waals surface area contributed by atoms with E-state index in [4.69, 9.17) is 14.2 Å². The van der Waals surface area contributed by atoms with Gasteiger partial charge < -0.3 is 24.4 Å². The van der Waals surface area contributed by atoms with Crippen molar-refractivity contribution in [2.24, 2.45) is 0 Å². The lowest BCUT2D eigenvalue weighted by Crippen LogP contribution is -2.48. The second-order valence-corrected chi connectivity index (χ2v) is 10.1. The van der Waals surface area contributed by atoms with Crippen LogP contribution in [-0.2, 0) is 32.2 Å². The molecule has 2 atom stereocenters. The third-order valence-corrected chi connectivity index (χ3v) is 5.79. The maximum Gasteiger partial charge on any atom is 0.411 e. The lowest BCUT2D eigenvalue weighted by Gasteiger charge is -2.28. The number of carbonyl (C=O) groups is 3. The Labute approximate surface area is 218 Å². The summed E-state index contributed by atoms with van der Waals surface area (Å²) in [6.07, 6.45) is -0.990. The van der Waals surface area contributed by atoms with Crippen molar-refractivity contribution in [3.63, 3.8) is 0 Å². The van der Waals surface area contributed by atoms with Crippen LogP contribution in [0.25, 0.3) is 0 Å². The van der Waals surface area contributed by atoms with Gasteiger partial charge in [0.05, 0.1) is 19.3 Å². The minimum atomic E-state index is -0.731. The predicted molar refractivity (Wildman–Crippen MR) is 139 cm³/mol. The highest BCUT2D eigenvalue weighted by Crippen LogP contribution is 2.24. The van der Waals surface area contributed by atoms with E-state index < -0.39 is 23.8 Å². The molecule has 2 aromatic rings. The zero-order chi connectivity index (χ0) is 26.8. The molecule has 1 aliphatic heterocycles. The number of likely N-dealkylation sites (N-methyl/N-ethyl adjacent to an activating group) is 1. The molecule has 1 saturated heterocycles. The van der Waals surface area contributed by atoms with Crippen LogP contribution in [0.3, 0.4) is 0 Å². The van der Waals surface area contributed by atoms with Gasteiger partial charge in [-0.2, -0.15) is 0 Å². The molecule has 3 rings (SSSR count). The Balaban J connectivity index is 1.51. The van der Waals surface area contributed by atoms with Crippen LogP contribution >= 0.6 is 0 Å². The molecule has 200 valence electrons. The van der Waals surface area contributed by atoms with E-state index in [0.29, 0.717) is 13.0 Å². The fourth-order valence-electron chi connectivity index (χ4n) is 3.86. The predicted octanol–water partition coefficient (Wildman–Crippen LogP) is 3.97. The summed E-state index contributed by atoms with van der Waals surface area (Å²) in [7, 11) is 1.61.